The lowest BCUT2D eigenvalue weighted by molar-refractivity contribution is 0.184. The molecule has 0 bridgehead atoms. The van der Waals surface area contributed by atoms with Crippen molar-refractivity contribution in [2.75, 3.05) is 6.61 Å². The molecule has 0 aromatic heterocycles. The highest BCUT2D eigenvalue weighted by Gasteiger charge is 2.26. The van der Waals surface area contributed by atoms with Gasteiger partial charge in [0, 0.05) is 18.7 Å². The Morgan fingerprint density at radius 2 is 1.79 bits per heavy atom. The largest absolute Gasteiger partial charge is 0.396 e. The second kappa shape index (κ2) is 7.01. The Balaban J connectivity index is 2.82. The van der Waals surface area contributed by atoms with Gasteiger partial charge in [-0.2, -0.15) is 0 Å². The molecule has 0 saturated heterocycles. The summed E-state index contributed by atoms with van der Waals surface area (Å²) in [5.74, 6) is -0.207. The first kappa shape index (κ1) is 16.1. The molecule has 1 aromatic rings. The molecule has 0 amide bonds. The number of aliphatic hydroxyl groups excluding tert-OH is 1. The zero-order valence-electron chi connectivity index (χ0n) is 12.4. The van der Waals surface area contributed by atoms with E-state index in [1.165, 1.54) is 12.1 Å². The summed E-state index contributed by atoms with van der Waals surface area (Å²) >= 11 is 0. The highest BCUT2D eigenvalue weighted by atomic mass is 19.1. The summed E-state index contributed by atoms with van der Waals surface area (Å²) in [6.45, 7) is 8.78. The maximum atomic E-state index is 13.0. The molecule has 2 nitrogen and oxygen atoms in total. The first-order chi connectivity index (χ1) is 8.88. The summed E-state index contributed by atoms with van der Waals surface area (Å²) in [6.07, 6.45) is 1.66. The predicted octanol–water partition coefficient (Wildman–Crippen LogP) is 3.66. The zero-order valence-corrected chi connectivity index (χ0v) is 12.4. The van der Waals surface area contributed by atoms with Gasteiger partial charge in [0.1, 0.15) is 5.82 Å². The van der Waals surface area contributed by atoms with E-state index in [2.05, 4.69) is 33.0 Å². The Morgan fingerprint density at radius 3 is 2.21 bits per heavy atom. The van der Waals surface area contributed by atoms with Gasteiger partial charge in [-0.1, -0.05) is 39.8 Å². The molecule has 108 valence electrons. The topological polar surface area (TPSA) is 32.3 Å². The lowest BCUT2D eigenvalue weighted by atomic mass is 9.84. The minimum absolute atomic E-state index is 0.0795. The highest BCUT2D eigenvalue weighted by molar-refractivity contribution is 5.20. The number of hydrogen-bond acceptors (Lipinski definition) is 2. The van der Waals surface area contributed by atoms with Crippen LogP contribution in [0.15, 0.2) is 24.3 Å². The van der Waals surface area contributed by atoms with E-state index in [1.807, 2.05) is 12.1 Å². The van der Waals surface area contributed by atoms with Gasteiger partial charge in [0.25, 0.3) is 0 Å². The molecular weight excluding hydrogens is 241 g/mol. The molecule has 0 saturated carbocycles. The Hall–Kier alpha value is -0.930. The fourth-order valence-corrected chi connectivity index (χ4v) is 2.28. The van der Waals surface area contributed by atoms with Crippen LogP contribution >= 0.6 is 0 Å². The van der Waals surface area contributed by atoms with Gasteiger partial charge in [0.05, 0.1) is 0 Å². The standard InChI is InChI=1S/C16H26FNO/c1-5-14(12-6-8-13(17)9-7-12)18-15(10-11-19)16(2,3)4/h6-9,14-15,18-19H,5,10-11H2,1-4H3. The molecule has 2 unspecified atom stereocenters. The second-order valence-corrected chi connectivity index (χ2v) is 6.11. The molecule has 2 atom stereocenters. The van der Waals surface area contributed by atoms with Crippen molar-refractivity contribution in [1.29, 1.82) is 0 Å². The third-order valence-electron chi connectivity index (χ3n) is 3.55. The van der Waals surface area contributed by atoms with Crippen molar-refractivity contribution in [3.8, 4) is 0 Å². The average Bonchev–Trinajstić information content (AvgIpc) is 2.34. The Labute approximate surface area is 116 Å². The van der Waals surface area contributed by atoms with Gasteiger partial charge in [0.2, 0.25) is 0 Å². The average molecular weight is 267 g/mol. The fraction of sp³-hybridized carbons (Fsp3) is 0.625. The van der Waals surface area contributed by atoms with Crippen LogP contribution in [0.5, 0.6) is 0 Å². The van der Waals surface area contributed by atoms with Gasteiger partial charge in [-0.3, -0.25) is 0 Å². The van der Waals surface area contributed by atoms with E-state index in [4.69, 9.17) is 0 Å². The molecular formula is C16H26FNO. The van der Waals surface area contributed by atoms with Crippen LogP contribution in [-0.2, 0) is 0 Å². The molecule has 0 fully saturated rings. The van der Waals surface area contributed by atoms with Gasteiger partial charge in [-0.15, -0.1) is 0 Å². The molecule has 0 heterocycles. The number of hydrogen-bond donors (Lipinski definition) is 2. The van der Waals surface area contributed by atoms with Crippen molar-refractivity contribution in [2.24, 2.45) is 5.41 Å². The first-order valence-corrected chi connectivity index (χ1v) is 7.00. The lowest BCUT2D eigenvalue weighted by Gasteiger charge is -2.35. The molecule has 2 N–H and O–H groups in total. The molecule has 0 aliphatic heterocycles. The Kier molecular flexibility index (Phi) is 5.95. The number of aliphatic hydroxyl groups is 1. The van der Waals surface area contributed by atoms with E-state index in [0.29, 0.717) is 0 Å². The lowest BCUT2D eigenvalue weighted by Crippen LogP contribution is -2.42. The maximum absolute atomic E-state index is 13.0. The van der Waals surface area contributed by atoms with Crippen molar-refractivity contribution in [2.45, 2.75) is 52.6 Å². The summed E-state index contributed by atoms with van der Waals surface area (Å²) < 4.78 is 13.0. The van der Waals surface area contributed by atoms with Gasteiger partial charge in [0.15, 0.2) is 0 Å². The molecule has 0 aliphatic rings. The first-order valence-electron chi connectivity index (χ1n) is 7.00. The SMILES string of the molecule is CCC(NC(CCO)C(C)(C)C)c1ccc(F)cc1. The smallest absolute Gasteiger partial charge is 0.123 e. The van der Waals surface area contributed by atoms with E-state index in [0.717, 1.165) is 18.4 Å². The summed E-state index contributed by atoms with van der Waals surface area (Å²) in [7, 11) is 0. The van der Waals surface area contributed by atoms with Gasteiger partial charge in [-0.05, 0) is 36.0 Å². The molecule has 19 heavy (non-hydrogen) atoms. The summed E-state index contributed by atoms with van der Waals surface area (Å²) in [4.78, 5) is 0. The van der Waals surface area contributed by atoms with Crippen molar-refractivity contribution in [1.82, 2.24) is 5.32 Å². The van der Waals surface area contributed by atoms with Crippen LogP contribution in [0.1, 0.15) is 52.1 Å². The minimum atomic E-state index is -0.207. The van der Waals surface area contributed by atoms with Crippen LogP contribution in [-0.4, -0.2) is 17.8 Å². The zero-order chi connectivity index (χ0) is 14.5. The number of benzene rings is 1. The molecule has 3 heteroatoms. The van der Waals surface area contributed by atoms with Gasteiger partial charge < -0.3 is 10.4 Å². The van der Waals surface area contributed by atoms with Crippen molar-refractivity contribution < 1.29 is 9.50 Å². The second-order valence-electron chi connectivity index (χ2n) is 6.11. The maximum Gasteiger partial charge on any atom is 0.123 e. The molecule has 1 aromatic carbocycles. The van der Waals surface area contributed by atoms with Crippen molar-refractivity contribution in [3.05, 3.63) is 35.6 Å². The van der Waals surface area contributed by atoms with Crippen LogP contribution < -0.4 is 5.32 Å². The van der Waals surface area contributed by atoms with Gasteiger partial charge in [-0.25, -0.2) is 4.39 Å². The fourth-order valence-electron chi connectivity index (χ4n) is 2.28. The van der Waals surface area contributed by atoms with E-state index >= 15 is 0 Å². The summed E-state index contributed by atoms with van der Waals surface area (Å²) in [5.41, 5.74) is 1.17. The van der Waals surface area contributed by atoms with Crippen LogP contribution in [0.2, 0.25) is 0 Å². The molecule has 1 rings (SSSR count). The normalized spacial score (nSPS) is 15.3. The Bertz CT molecular complexity index is 369. The van der Waals surface area contributed by atoms with Crippen LogP contribution in [0.25, 0.3) is 0 Å². The number of nitrogens with one attached hydrogen (secondary N) is 1. The monoisotopic (exact) mass is 267 g/mol. The summed E-state index contributed by atoms with van der Waals surface area (Å²) in [5, 5.41) is 12.8. The summed E-state index contributed by atoms with van der Waals surface area (Å²) in [6, 6.07) is 7.07. The third kappa shape index (κ3) is 4.92. The Morgan fingerprint density at radius 1 is 1.21 bits per heavy atom. The van der Waals surface area contributed by atoms with E-state index in [-0.39, 0.29) is 29.9 Å². The van der Waals surface area contributed by atoms with Gasteiger partial charge >= 0.3 is 0 Å². The quantitative estimate of drug-likeness (QED) is 0.824. The third-order valence-corrected chi connectivity index (χ3v) is 3.55. The van der Waals surface area contributed by atoms with Crippen molar-refractivity contribution in [3.63, 3.8) is 0 Å². The van der Waals surface area contributed by atoms with E-state index in [1.54, 1.807) is 0 Å². The van der Waals surface area contributed by atoms with Crippen LogP contribution in [0.4, 0.5) is 4.39 Å². The predicted molar refractivity (Wildman–Crippen MR) is 77.5 cm³/mol. The minimum Gasteiger partial charge on any atom is -0.396 e. The van der Waals surface area contributed by atoms with E-state index < -0.39 is 0 Å². The molecule has 0 spiro atoms. The highest BCUT2D eigenvalue weighted by Crippen LogP contribution is 2.26. The van der Waals surface area contributed by atoms with Crippen LogP contribution in [0.3, 0.4) is 0 Å². The molecule has 0 aliphatic carbocycles. The number of rotatable bonds is 6. The number of halogens is 1. The van der Waals surface area contributed by atoms with Crippen LogP contribution in [0, 0.1) is 11.2 Å². The van der Waals surface area contributed by atoms with E-state index in [9.17, 15) is 9.50 Å². The molecule has 0 radical (unpaired) electrons. The van der Waals surface area contributed by atoms with Crippen molar-refractivity contribution >= 4 is 0 Å².